The minimum atomic E-state index is 0. The molecule has 0 aromatic carbocycles. The van der Waals surface area contributed by atoms with Crippen LogP contribution in [0.5, 0.6) is 0 Å². The van der Waals surface area contributed by atoms with Crippen LogP contribution in [-0.2, 0) is 19.5 Å². The summed E-state index contributed by atoms with van der Waals surface area (Å²) in [7, 11) is 0. The van der Waals surface area contributed by atoms with E-state index in [1.165, 1.54) is 20.8 Å². The molecule has 56 valence electrons. The molecular weight excluding hydrogens is 215 g/mol. The summed E-state index contributed by atoms with van der Waals surface area (Å²) in [6, 6.07) is 5.25. The Kier molecular flexibility index (Phi) is 213. The molecule has 0 bridgehead atoms. The number of nitriles is 3. The zero-order valence-electron chi connectivity index (χ0n) is 6.20. The molecule has 0 saturated heterocycles. The van der Waals surface area contributed by atoms with Crippen molar-refractivity contribution in [2.75, 3.05) is 0 Å². The molecule has 0 unspecified atom stereocenters. The van der Waals surface area contributed by atoms with Crippen molar-refractivity contribution in [3.63, 3.8) is 0 Å². The molecule has 0 aliphatic heterocycles. The fourth-order valence-electron chi connectivity index (χ4n) is 0. The van der Waals surface area contributed by atoms with Gasteiger partial charge in [-0.1, -0.05) is 0 Å². The molecule has 0 aromatic heterocycles. The Labute approximate surface area is 74.6 Å². The summed E-state index contributed by atoms with van der Waals surface area (Å²) in [5, 5.41) is 22.0. The van der Waals surface area contributed by atoms with E-state index in [1.807, 2.05) is 0 Å². The Balaban J connectivity index is -0.0000000257. The van der Waals surface area contributed by atoms with Crippen LogP contribution in [0.4, 0.5) is 0 Å². The second-order valence-electron chi connectivity index (χ2n) is 0.671. The van der Waals surface area contributed by atoms with Crippen molar-refractivity contribution in [3.8, 4) is 18.2 Å². The maximum Gasteiger partial charge on any atom is 0.0587 e. The largest absolute Gasteiger partial charge is 0.199 e. The molecule has 0 fully saturated rings. The molecule has 0 spiro atoms. The van der Waals surface area contributed by atoms with E-state index in [0.717, 1.165) is 0 Å². The van der Waals surface area contributed by atoms with Crippen molar-refractivity contribution in [2.24, 2.45) is 0 Å². The van der Waals surface area contributed by atoms with Gasteiger partial charge in [0.15, 0.2) is 0 Å². The van der Waals surface area contributed by atoms with Crippen LogP contribution < -0.4 is 0 Å². The van der Waals surface area contributed by atoms with Crippen molar-refractivity contribution in [1.82, 2.24) is 0 Å². The van der Waals surface area contributed by atoms with E-state index in [1.54, 1.807) is 18.2 Å². The predicted octanol–water partition coefficient (Wildman–Crippen LogP) is 1.59. The third kappa shape index (κ3) is 320. The van der Waals surface area contributed by atoms with Crippen molar-refractivity contribution in [1.29, 1.82) is 15.8 Å². The van der Waals surface area contributed by atoms with Crippen molar-refractivity contribution in [2.45, 2.75) is 20.8 Å². The summed E-state index contributed by atoms with van der Waals surface area (Å²) in [6.07, 6.45) is 0. The molecule has 0 radical (unpaired) electrons. The quantitative estimate of drug-likeness (QED) is 0.586. The topological polar surface area (TPSA) is 71.4 Å². The number of nitrogens with zero attached hydrogens (tertiary/aromatic N) is 3. The molecule has 0 rings (SSSR count). The summed E-state index contributed by atoms with van der Waals surface area (Å²) in [4.78, 5) is 0. The summed E-state index contributed by atoms with van der Waals surface area (Å²) in [5.74, 6) is 0. The fourth-order valence-corrected chi connectivity index (χ4v) is 0. The molecule has 10 heavy (non-hydrogen) atoms. The Hall–Kier alpha value is -0.907. The van der Waals surface area contributed by atoms with Crippen LogP contribution in [0.25, 0.3) is 0 Å². The first kappa shape index (κ1) is 23.0. The fraction of sp³-hybridized carbons (Fsp3) is 0.500. The van der Waals surface area contributed by atoms with Crippen LogP contribution in [0.3, 0.4) is 0 Å². The van der Waals surface area contributed by atoms with Gasteiger partial charge < -0.3 is 0 Å². The molecule has 0 amide bonds. The molecule has 3 nitrogen and oxygen atoms in total. The Morgan fingerprint density at radius 2 is 0.700 bits per heavy atom. The van der Waals surface area contributed by atoms with Crippen LogP contribution in [0.15, 0.2) is 0 Å². The van der Waals surface area contributed by atoms with Gasteiger partial charge in [-0.3, -0.25) is 0 Å². The minimum Gasteiger partial charge on any atom is -0.199 e. The summed E-state index contributed by atoms with van der Waals surface area (Å²) < 4.78 is 0. The summed E-state index contributed by atoms with van der Waals surface area (Å²) >= 11 is 0. The molecule has 0 aliphatic carbocycles. The zero-order valence-corrected chi connectivity index (χ0v) is 7.93. The van der Waals surface area contributed by atoms with Crippen LogP contribution in [0.1, 0.15) is 20.8 Å². The average molecular weight is 224 g/mol. The predicted molar refractivity (Wildman–Crippen MR) is 33.9 cm³/mol. The molecule has 4 heteroatoms. The van der Waals surface area contributed by atoms with E-state index in [9.17, 15) is 0 Å². The van der Waals surface area contributed by atoms with E-state index in [4.69, 9.17) is 15.8 Å². The molecule has 0 saturated carbocycles. The molecular formula is C6H9N3Ru. The minimum absolute atomic E-state index is 0. The Morgan fingerprint density at radius 1 is 0.700 bits per heavy atom. The summed E-state index contributed by atoms with van der Waals surface area (Å²) in [6.45, 7) is 4.29. The molecule has 0 N–H and O–H groups in total. The van der Waals surface area contributed by atoms with Gasteiger partial charge in [0.05, 0.1) is 18.2 Å². The Morgan fingerprint density at radius 3 is 0.700 bits per heavy atom. The van der Waals surface area contributed by atoms with Gasteiger partial charge in [-0.15, -0.1) is 0 Å². The van der Waals surface area contributed by atoms with Gasteiger partial charge in [-0.05, 0) is 0 Å². The van der Waals surface area contributed by atoms with Crippen molar-refractivity contribution < 1.29 is 19.5 Å². The van der Waals surface area contributed by atoms with Crippen LogP contribution in [0, 0.1) is 34.0 Å². The van der Waals surface area contributed by atoms with Crippen LogP contribution in [0.2, 0.25) is 0 Å². The third-order valence-electron chi connectivity index (χ3n) is 0. The molecule has 0 aromatic rings. The average Bonchev–Trinajstić information content (AvgIpc) is 1.70. The number of hydrogen-bond donors (Lipinski definition) is 0. The second-order valence-corrected chi connectivity index (χ2v) is 0.671. The normalized spacial score (nSPS) is 2.40. The maximum absolute atomic E-state index is 7.32. The smallest absolute Gasteiger partial charge is 0.0587 e. The van der Waals surface area contributed by atoms with Gasteiger partial charge in [0.2, 0.25) is 0 Å². The number of rotatable bonds is 0. The monoisotopic (exact) mass is 225 g/mol. The van der Waals surface area contributed by atoms with Gasteiger partial charge in [0.1, 0.15) is 0 Å². The zero-order chi connectivity index (χ0) is 8.12. The standard InChI is InChI=1S/3C2H3N.Ru/c3*1-2-3;/h3*1H3;. The van der Waals surface area contributed by atoms with Crippen LogP contribution >= 0.6 is 0 Å². The van der Waals surface area contributed by atoms with Crippen molar-refractivity contribution in [3.05, 3.63) is 0 Å². The molecule has 0 atom stereocenters. The van der Waals surface area contributed by atoms with E-state index < -0.39 is 0 Å². The van der Waals surface area contributed by atoms with E-state index in [-0.39, 0.29) is 19.5 Å². The van der Waals surface area contributed by atoms with E-state index in [0.29, 0.717) is 0 Å². The molecule has 0 aliphatic rings. The maximum atomic E-state index is 7.32. The van der Waals surface area contributed by atoms with Gasteiger partial charge in [0.25, 0.3) is 0 Å². The van der Waals surface area contributed by atoms with Gasteiger partial charge >= 0.3 is 0 Å². The number of hydrogen-bond acceptors (Lipinski definition) is 3. The first-order valence-electron chi connectivity index (χ1n) is 2.17. The van der Waals surface area contributed by atoms with Gasteiger partial charge in [-0.25, -0.2) is 0 Å². The van der Waals surface area contributed by atoms with Crippen molar-refractivity contribution >= 4 is 0 Å². The van der Waals surface area contributed by atoms with Crippen LogP contribution in [-0.4, -0.2) is 0 Å². The first-order valence-corrected chi connectivity index (χ1v) is 2.17. The van der Waals surface area contributed by atoms with Gasteiger partial charge in [-0.2, -0.15) is 15.8 Å². The second kappa shape index (κ2) is 92.9. The third-order valence-corrected chi connectivity index (χ3v) is 0. The SMILES string of the molecule is CC#N.CC#N.CC#N.[Ru]. The summed E-state index contributed by atoms with van der Waals surface area (Å²) in [5.41, 5.74) is 0. The van der Waals surface area contributed by atoms with Gasteiger partial charge in [0, 0.05) is 40.2 Å². The first-order chi connectivity index (χ1) is 4.24. The molecule has 0 heterocycles. The van der Waals surface area contributed by atoms with E-state index >= 15 is 0 Å². The Bertz CT molecular complexity index is 106. The van der Waals surface area contributed by atoms with E-state index in [2.05, 4.69) is 0 Å².